The Bertz CT molecular complexity index is 920. The van der Waals surface area contributed by atoms with E-state index in [1.807, 2.05) is 0 Å². The van der Waals surface area contributed by atoms with Crippen molar-refractivity contribution in [3.8, 4) is 0 Å². The molecule has 0 saturated heterocycles. The Kier molecular flexibility index (Phi) is 4.75. The number of halogens is 1. The molecule has 134 valence electrons. The van der Waals surface area contributed by atoms with Gasteiger partial charge in [0.15, 0.2) is 0 Å². The van der Waals surface area contributed by atoms with Crippen molar-refractivity contribution in [1.82, 2.24) is 0 Å². The van der Waals surface area contributed by atoms with Gasteiger partial charge in [0.1, 0.15) is 11.6 Å². The van der Waals surface area contributed by atoms with Crippen LogP contribution in [0.3, 0.4) is 0 Å². The number of fused-ring (bicyclic) bond motifs is 1. The number of benzene rings is 2. The van der Waals surface area contributed by atoms with E-state index in [0.29, 0.717) is 22.4 Å². The zero-order chi connectivity index (χ0) is 18.8. The van der Waals surface area contributed by atoms with Gasteiger partial charge < -0.3 is 14.7 Å². The lowest BCUT2D eigenvalue weighted by atomic mass is 10.1. The topological polar surface area (TPSA) is 66.8 Å². The Hall–Kier alpha value is -3.15. The van der Waals surface area contributed by atoms with Gasteiger partial charge in [0.2, 0.25) is 5.91 Å². The molecule has 26 heavy (non-hydrogen) atoms. The number of rotatable bonds is 3. The zero-order valence-electron chi connectivity index (χ0n) is 14.5. The number of para-hydroxylation sites is 1. The minimum Gasteiger partial charge on any atom is -0.507 e. The molecule has 1 N–H and O–H groups in total. The number of esters is 1. The average molecular weight is 355 g/mol. The lowest BCUT2D eigenvalue weighted by molar-refractivity contribution is -0.137. The Labute approximate surface area is 150 Å². The van der Waals surface area contributed by atoms with Crippen molar-refractivity contribution >= 4 is 23.3 Å². The first kappa shape index (κ1) is 17.7. The van der Waals surface area contributed by atoms with Crippen molar-refractivity contribution in [3.63, 3.8) is 0 Å². The van der Waals surface area contributed by atoms with E-state index >= 15 is 0 Å². The summed E-state index contributed by atoms with van der Waals surface area (Å²) in [4.78, 5) is 26.2. The molecule has 2 aromatic carbocycles. The van der Waals surface area contributed by atoms with Crippen LogP contribution in [0.2, 0.25) is 0 Å². The van der Waals surface area contributed by atoms with Crippen molar-refractivity contribution < 1.29 is 23.8 Å². The maximum atomic E-state index is 13.9. The van der Waals surface area contributed by atoms with Crippen LogP contribution in [0.5, 0.6) is 0 Å². The summed E-state index contributed by atoms with van der Waals surface area (Å²) in [6.07, 6.45) is -0.304. The van der Waals surface area contributed by atoms with Crippen molar-refractivity contribution in [2.45, 2.75) is 19.9 Å². The van der Waals surface area contributed by atoms with Gasteiger partial charge >= 0.3 is 5.97 Å². The predicted molar refractivity (Wildman–Crippen MR) is 95.0 cm³/mol. The summed E-state index contributed by atoms with van der Waals surface area (Å²) in [5.41, 5.74) is 1.84. The summed E-state index contributed by atoms with van der Waals surface area (Å²) in [6.45, 7) is 1.78. The minimum atomic E-state index is -0.756. The molecule has 1 amide bonds. The fourth-order valence-corrected chi connectivity index (χ4v) is 2.92. The Morgan fingerprint density at radius 1 is 1.27 bits per heavy atom. The lowest BCUT2D eigenvalue weighted by Crippen LogP contribution is -2.30. The number of anilines is 1. The summed E-state index contributed by atoms with van der Waals surface area (Å²) < 4.78 is 18.6. The molecule has 0 aliphatic carbocycles. The van der Waals surface area contributed by atoms with Gasteiger partial charge in [-0.1, -0.05) is 24.3 Å². The molecule has 0 spiro atoms. The summed E-state index contributed by atoms with van der Waals surface area (Å²) in [5, 5.41) is 10.5. The van der Waals surface area contributed by atoms with Gasteiger partial charge in [0.05, 0.1) is 31.3 Å². The summed E-state index contributed by atoms with van der Waals surface area (Å²) in [5.74, 6) is -1.77. The first-order chi connectivity index (χ1) is 12.4. The molecule has 5 nitrogen and oxygen atoms in total. The van der Waals surface area contributed by atoms with Crippen LogP contribution in [0.25, 0.3) is 5.76 Å². The van der Waals surface area contributed by atoms with Gasteiger partial charge in [0, 0.05) is 5.56 Å². The second kappa shape index (κ2) is 7.00. The van der Waals surface area contributed by atoms with E-state index in [9.17, 15) is 19.1 Å². The Morgan fingerprint density at radius 3 is 2.69 bits per heavy atom. The molecule has 3 rings (SSSR count). The maximum absolute atomic E-state index is 13.9. The van der Waals surface area contributed by atoms with Crippen LogP contribution in [-0.4, -0.2) is 24.1 Å². The molecule has 1 aliphatic rings. The summed E-state index contributed by atoms with van der Waals surface area (Å²) >= 11 is 0. The van der Waals surface area contributed by atoms with Crippen LogP contribution < -0.4 is 4.90 Å². The summed E-state index contributed by atoms with van der Waals surface area (Å²) in [7, 11) is 1.19. The third-order valence-corrected chi connectivity index (χ3v) is 4.37. The molecular weight excluding hydrogens is 337 g/mol. The average Bonchev–Trinajstić information content (AvgIpc) is 2.74. The normalized spacial score (nSPS) is 14.1. The van der Waals surface area contributed by atoms with Crippen LogP contribution in [0.4, 0.5) is 10.1 Å². The molecule has 0 aromatic heterocycles. The number of aliphatic hydroxyl groups is 1. The molecule has 2 aromatic rings. The first-order valence-corrected chi connectivity index (χ1v) is 8.07. The van der Waals surface area contributed by atoms with E-state index in [-0.39, 0.29) is 36.0 Å². The lowest BCUT2D eigenvalue weighted by Gasteiger charge is -2.23. The van der Waals surface area contributed by atoms with Gasteiger partial charge in [-0.2, -0.15) is 0 Å². The number of amides is 1. The SMILES string of the molecule is COC(=O)C1=C(O)c2ccccc2N(Cc2ccc(C)c(F)c2)C(=O)C1. The monoisotopic (exact) mass is 355 g/mol. The predicted octanol–water partition coefficient (Wildman–Crippen LogP) is 3.51. The largest absolute Gasteiger partial charge is 0.507 e. The van der Waals surface area contributed by atoms with E-state index in [4.69, 9.17) is 0 Å². The first-order valence-electron chi connectivity index (χ1n) is 8.07. The fraction of sp³-hybridized carbons (Fsp3) is 0.200. The number of ether oxygens (including phenoxy) is 1. The van der Waals surface area contributed by atoms with Gasteiger partial charge in [-0.25, -0.2) is 9.18 Å². The highest BCUT2D eigenvalue weighted by Crippen LogP contribution is 2.34. The quantitative estimate of drug-likeness (QED) is 0.856. The van der Waals surface area contributed by atoms with E-state index in [1.54, 1.807) is 43.3 Å². The smallest absolute Gasteiger partial charge is 0.338 e. The molecule has 0 atom stereocenters. The van der Waals surface area contributed by atoms with Gasteiger partial charge in [-0.3, -0.25) is 4.79 Å². The molecule has 6 heteroatoms. The number of aliphatic hydroxyl groups excluding tert-OH is 1. The fourth-order valence-electron chi connectivity index (χ4n) is 2.92. The third kappa shape index (κ3) is 3.18. The van der Waals surface area contributed by atoms with E-state index in [2.05, 4.69) is 4.74 Å². The van der Waals surface area contributed by atoms with Crippen LogP contribution >= 0.6 is 0 Å². The number of methoxy groups -OCH3 is 1. The number of hydrogen-bond donors (Lipinski definition) is 1. The van der Waals surface area contributed by atoms with E-state index in [1.165, 1.54) is 18.1 Å². The Balaban J connectivity index is 2.06. The highest BCUT2D eigenvalue weighted by atomic mass is 19.1. The van der Waals surface area contributed by atoms with E-state index in [0.717, 1.165) is 0 Å². The van der Waals surface area contributed by atoms with Crippen LogP contribution in [0, 0.1) is 12.7 Å². The number of hydrogen-bond acceptors (Lipinski definition) is 4. The second-order valence-electron chi connectivity index (χ2n) is 6.08. The summed E-state index contributed by atoms with van der Waals surface area (Å²) in [6, 6.07) is 11.5. The van der Waals surface area contributed by atoms with Gasteiger partial charge in [-0.05, 0) is 36.2 Å². The second-order valence-corrected chi connectivity index (χ2v) is 6.08. The van der Waals surface area contributed by atoms with Gasteiger partial charge in [-0.15, -0.1) is 0 Å². The standard InChI is InChI=1S/C20H18FNO4/c1-12-7-8-13(9-16(12)21)11-22-17-6-4-3-5-14(17)19(24)15(10-18(22)23)20(25)26-2/h3-9,24H,10-11H2,1-2H3. The highest BCUT2D eigenvalue weighted by molar-refractivity contribution is 6.09. The molecule has 1 heterocycles. The van der Waals surface area contributed by atoms with Crippen LogP contribution in [0.1, 0.15) is 23.1 Å². The number of carbonyl (C=O) groups is 2. The molecule has 0 fully saturated rings. The van der Waals surface area contributed by atoms with Crippen molar-refractivity contribution in [2.24, 2.45) is 0 Å². The number of carbonyl (C=O) groups excluding carboxylic acids is 2. The zero-order valence-corrected chi connectivity index (χ0v) is 14.5. The number of aryl methyl sites for hydroxylation is 1. The van der Waals surface area contributed by atoms with E-state index < -0.39 is 5.97 Å². The molecule has 0 saturated carbocycles. The van der Waals surface area contributed by atoms with Crippen LogP contribution in [0.15, 0.2) is 48.0 Å². The minimum absolute atomic E-state index is 0.0949. The maximum Gasteiger partial charge on any atom is 0.338 e. The van der Waals surface area contributed by atoms with Crippen molar-refractivity contribution in [3.05, 3.63) is 70.5 Å². The molecule has 0 radical (unpaired) electrons. The number of nitrogens with zero attached hydrogens (tertiary/aromatic N) is 1. The Morgan fingerprint density at radius 2 is 2.00 bits per heavy atom. The van der Waals surface area contributed by atoms with Crippen molar-refractivity contribution in [2.75, 3.05) is 12.0 Å². The molecule has 0 bridgehead atoms. The molecular formula is C20H18FNO4. The molecule has 0 unspecified atom stereocenters. The van der Waals surface area contributed by atoms with Crippen molar-refractivity contribution in [1.29, 1.82) is 0 Å². The third-order valence-electron chi connectivity index (χ3n) is 4.37. The van der Waals surface area contributed by atoms with Gasteiger partial charge in [0.25, 0.3) is 0 Å². The molecule has 1 aliphatic heterocycles. The van der Waals surface area contributed by atoms with Crippen LogP contribution in [-0.2, 0) is 20.9 Å². The highest BCUT2D eigenvalue weighted by Gasteiger charge is 2.31.